The standard InChI is InChI=1S/C11H13NO3S3.Na/c13-18(14,15)8-4-3-7-16-11-12-9-5-1-2-6-10(9)17-11;/h1-2,5-6H,3-4,7-8H2,(H,13,14,15);/q;+1/p-1. The van der Waals surface area contributed by atoms with Crippen LogP contribution in [-0.2, 0) is 10.1 Å². The molecule has 0 spiro atoms. The molecule has 4 nitrogen and oxygen atoms in total. The van der Waals surface area contributed by atoms with Crippen molar-refractivity contribution in [3.8, 4) is 0 Å². The molecule has 0 saturated heterocycles. The molecule has 8 heteroatoms. The van der Waals surface area contributed by atoms with Crippen LogP contribution in [0.25, 0.3) is 10.2 Å². The van der Waals surface area contributed by atoms with Gasteiger partial charge in [-0.15, -0.1) is 11.3 Å². The van der Waals surface area contributed by atoms with Gasteiger partial charge in [0.2, 0.25) is 0 Å². The summed E-state index contributed by atoms with van der Waals surface area (Å²) < 4.78 is 33.4. The molecule has 1 heterocycles. The van der Waals surface area contributed by atoms with Crippen LogP contribution in [-0.4, -0.2) is 29.5 Å². The molecule has 2 rings (SSSR count). The van der Waals surface area contributed by atoms with Crippen LogP contribution in [0, 0.1) is 0 Å². The quantitative estimate of drug-likeness (QED) is 0.316. The molecular weight excluding hydrogens is 313 g/mol. The number of rotatable bonds is 6. The van der Waals surface area contributed by atoms with Gasteiger partial charge in [-0.05, 0) is 25.0 Å². The minimum atomic E-state index is -4.06. The summed E-state index contributed by atoms with van der Waals surface area (Å²) in [7, 11) is -4.06. The number of fused-ring (bicyclic) bond motifs is 1. The smallest absolute Gasteiger partial charge is 0.748 e. The van der Waals surface area contributed by atoms with Gasteiger partial charge in [0.1, 0.15) is 0 Å². The summed E-state index contributed by atoms with van der Waals surface area (Å²) >= 11 is 3.24. The van der Waals surface area contributed by atoms with E-state index in [2.05, 4.69) is 4.98 Å². The Morgan fingerprint density at radius 3 is 2.68 bits per heavy atom. The van der Waals surface area contributed by atoms with Crippen LogP contribution in [0.2, 0.25) is 0 Å². The molecule has 2 aromatic rings. The summed E-state index contributed by atoms with van der Waals surface area (Å²) in [6.07, 6.45) is 1.13. The maximum Gasteiger partial charge on any atom is 1.00 e. The number of aromatic nitrogens is 1. The molecule has 0 radical (unpaired) electrons. The first-order valence-electron chi connectivity index (χ1n) is 5.46. The van der Waals surface area contributed by atoms with E-state index in [4.69, 9.17) is 0 Å². The van der Waals surface area contributed by atoms with E-state index in [-0.39, 0.29) is 35.3 Å². The summed E-state index contributed by atoms with van der Waals surface area (Å²) in [5.41, 5.74) is 0.993. The zero-order valence-corrected chi connectivity index (χ0v) is 15.0. The molecule has 0 aliphatic heterocycles. The number of hydrogen-bond donors (Lipinski definition) is 0. The predicted octanol–water partition coefficient (Wildman–Crippen LogP) is -0.282. The number of nitrogens with zero attached hydrogens (tertiary/aromatic N) is 1. The molecule has 1 aromatic carbocycles. The molecular formula is C11H12NNaO3S3. The van der Waals surface area contributed by atoms with Crippen molar-refractivity contribution in [3.05, 3.63) is 24.3 Å². The molecule has 98 valence electrons. The Balaban J connectivity index is 0.00000180. The fourth-order valence-electron chi connectivity index (χ4n) is 1.45. The van der Waals surface area contributed by atoms with Gasteiger partial charge in [0.25, 0.3) is 0 Å². The third-order valence-electron chi connectivity index (χ3n) is 2.29. The topological polar surface area (TPSA) is 70.1 Å². The van der Waals surface area contributed by atoms with Gasteiger partial charge in [-0.1, -0.05) is 23.9 Å². The monoisotopic (exact) mass is 325 g/mol. The van der Waals surface area contributed by atoms with E-state index in [9.17, 15) is 13.0 Å². The van der Waals surface area contributed by atoms with Crippen molar-refractivity contribution < 1.29 is 42.5 Å². The van der Waals surface area contributed by atoms with Gasteiger partial charge < -0.3 is 4.55 Å². The molecule has 0 aliphatic rings. The molecule has 0 aliphatic carbocycles. The van der Waals surface area contributed by atoms with E-state index < -0.39 is 10.1 Å². The van der Waals surface area contributed by atoms with Crippen molar-refractivity contribution in [3.63, 3.8) is 0 Å². The van der Waals surface area contributed by atoms with Crippen LogP contribution in [0.15, 0.2) is 28.6 Å². The zero-order valence-electron chi connectivity index (χ0n) is 10.5. The molecule has 0 atom stereocenters. The van der Waals surface area contributed by atoms with Crippen LogP contribution in [0.3, 0.4) is 0 Å². The third kappa shape index (κ3) is 6.12. The van der Waals surface area contributed by atoms with Crippen LogP contribution in [0.4, 0.5) is 0 Å². The van der Waals surface area contributed by atoms with Crippen molar-refractivity contribution >= 4 is 43.4 Å². The molecule has 0 saturated carbocycles. The van der Waals surface area contributed by atoms with Crippen LogP contribution >= 0.6 is 23.1 Å². The van der Waals surface area contributed by atoms with E-state index in [1.165, 1.54) is 0 Å². The summed E-state index contributed by atoms with van der Waals surface area (Å²) in [5.74, 6) is 0.517. The maximum absolute atomic E-state index is 10.4. The first-order valence-corrected chi connectivity index (χ1v) is 8.84. The van der Waals surface area contributed by atoms with E-state index in [0.717, 1.165) is 20.3 Å². The molecule has 0 unspecified atom stereocenters. The van der Waals surface area contributed by atoms with Crippen molar-refractivity contribution in [2.24, 2.45) is 0 Å². The van der Waals surface area contributed by atoms with E-state index >= 15 is 0 Å². The number of benzene rings is 1. The Kier molecular flexibility index (Phi) is 7.31. The summed E-state index contributed by atoms with van der Waals surface area (Å²) in [6, 6.07) is 7.94. The van der Waals surface area contributed by atoms with Gasteiger partial charge in [0.05, 0.1) is 20.3 Å². The maximum atomic E-state index is 10.4. The van der Waals surface area contributed by atoms with E-state index in [1.807, 2.05) is 24.3 Å². The van der Waals surface area contributed by atoms with Crippen molar-refractivity contribution in [1.82, 2.24) is 4.98 Å². The van der Waals surface area contributed by atoms with Gasteiger partial charge >= 0.3 is 29.6 Å². The molecule has 0 fully saturated rings. The Morgan fingerprint density at radius 2 is 2.00 bits per heavy atom. The van der Waals surface area contributed by atoms with Crippen molar-refractivity contribution in [1.29, 1.82) is 0 Å². The van der Waals surface area contributed by atoms with Crippen molar-refractivity contribution in [2.45, 2.75) is 17.2 Å². The predicted molar refractivity (Wildman–Crippen MR) is 74.1 cm³/mol. The first kappa shape index (κ1) is 17.4. The summed E-state index contributed by atoms with van der Waals surface area (Å²) in [4.78, 5) is 4.46. The molecule has 0 bridgehead atoms. The van der Waals surface area contributed by atoms with Crippen LogP contribution < -0.4 is 29.6 Å². The largest absolute Gasteiger partial charge is 1.00 e. The first-order chi connectivity index (χ1) is 8.54. The van der Waals surface area contributed by atoms with Crippen molar-refractivity contribution in [2.75, 3.05) is 11.5 Å². The fraction of sp³-hybridized carbons (Fsp3) is 0.364. The Labute approximate surface area is 143 Å². The number of hydrogen-bond acceptors (Lipinski definition) is 6. The Morgan fingerprint density at radius 1 is 1.26 bits per heavy atom. The van der Waals surface area contributed by atoms with Gasteiger partial charge in [-0.2, -0.15) is 0 Å². The minimum Gasteiger partial charge on any atom is -0.748 e. The number of unbranched alkanes of at least 4 members (excludes halogenated alkanes) is 1. The number of thiazole rings is 1. The molecule has 0 N–H and O–H groups in total. The third-order valence-corrected chi connectivity index (χ3v) is 5.34. The fourth-order valence-corrected chi connectivity index (χ4v) is 4.15. The Hall–Kier alpha value is 0.370. The number of thioether (sulfide) groups is 1. The van der Waals surface area contributed by atoms with E-state index in [1.54, 1.807) is 23.1 Å². The normalized spacial score (nSPS) is 11.4. The van der Waals surface area contributed by atoms with Gasteiger partial charge in [0, 0.05) is 11.5 Å². The van der Waals surface area contributed by atoms with E-state index in [0.29, 0.717) is 12.8 Å². The van der Waals surface area contributed by atoms with Crippen LogP contribution in [0.5, 0.6) is 0 Å². The van der Waals surface area contributed by atoms with Gasteiger partial charge in [-0.25, -0.2) is 13.4 Å². The molecule has 19 heavy (non-hydrogen) atoms. The average Bonchev–Trinajstić information content (AvgIpc) is 2.69. The summed E-state index contributed by atoms with van der Waals surface area (Å²) in [5, 5.41) is 0. The minimum absolute atomic E-state index is 0. The zero-order chi connectivity index (χ0) is 13.0. The van der Waals surface area contributed by atoms with Gasteiger partial charge in [0.15, 0.2) is 4.34 Å². The SMILES string of the molecule is O=S(=O)([O-])CCCCSc1nc2ccccc2s1.[Na+]. The second-order valence-electron chi connectivity index (χ2n) is 3.76. The molecule has 1 aromatic heterocycles. The molecule has 0 amide bonds. The Bertz CT molecular complexity index is 594. The second-order valence-corrected chi connectivity index (χ2v) is 7.66. The van der Waals surface area contributed by atoms with Crippen LogP contribution in [0.1, 0.15) is 12.8 Å². The average molecular weight is 325 g/mol. The van der Waals surface area contributed by atoms with Gasteiger partial charge in [-0.3, -0.25) is 0 Å². The second kappa shape index (κ2) is 7.97. The summed E-state index contributed by atoms with van der Waals surface area (Å²) in [6.45, 7) is 0. The number of para-hydroxylation sites is 1.